The summed E-state index contributed by atoms with van der Waals surface area (Å²) >= 11 is 0. The first-order chi connectivity index (χ1) is 9.04. The smallest absolute Gasteiger partial charge is 0.332 e. The number of carbonyl (C=O) groups is 2. The van der Waals surface area contributed by atoms with Gasteiger partial charge in [0.1, 0.15) is 12.4 Å². The number of hydrogen-bond donors (Lipinski definition) is 2. The Labute approximate surface area is 111 Å². The topological polar surface area (TPSA) is 84.9 Å². The molecule has 0 radical (unpaired) electrons. The minimum absolute atomic E-state index is 0.289. The summed E-state index contributed by atoms with van der Waals surface area (Å²) < 4.78 is 10.0. The van der Waals surface area contributed by atoms with Crippen molar-refractivity contribution in [3.63, 3.8) is 0 Å². The third-order valence-electron chi connectivity index (χ3n) is 2.48. The second-order valence-corrected chi connectivity index (χ2v) is 3.88. The van der Waals surface area contributed by atoms with E-state index in [0.717, 1.165) is 5.56 Å². The van der Waals surface area contributed by atoms with E-state index in [1.807, 2.05) is 18.2 Å². The maximum Gasteiger partial charge on any atom is 0.332 e. The van der Waals surface area contributed by atoms with E-state index in [1.54, 1.807) is 13.2 Å². The lowest BCUT2D eigenvalue weighted by atomic mass is 10.2. The molecule has 0 aromatic heterocycles. The average Bonchev–Trinajstić information content (AvgIpc) is 2.42. The Morgan fingerprint density at radius 3 is 2.68 bits per heavy atom. The Hall–Kier alpha value is -2.08. The van der Waals surface area contributed by atoms with Gasteiger partial charge in [-0.25, -0.2) is 4.79 Å². The van der Waals surface area contributed by atoms with Gasteiger partial charge in [-0.3, -0.25) is 4.79 Å². The van der Waals surface area contributed by atoms with Gasteiger partial charge >= 0.3 is 5.97 Å². The van der Waals surface area contributed by atoms with Crippen LogP contribution in [-0.2, 0) is 20.9 Å². The molecule has 1 aromatic rings. The fraction of sp³-hybridized carbons (Fsp3) is 0.385. The molecular weight excluding hydrogens is 250 g/mol. The molecule has 6 heteroatoms. The lowest BCUT2D eigenvalue weighted by molar-refractivity contribution is -0.150. The number of aliphatic carboxylic acids is 1. The molecule has 0 bridgehead atoms. The highest BCUT2D eigenvalue weighted by molar-refractivity contribution is 5.78. The summed E-state index contributed by atoms with van der Waals surface area (Å²) in [5.41, 5.74) is 0.838. The predicted octanol–water partition coefficient (Wildman–Crippen LogP) is 0.801. The minimum atomic E-state index is -1.10. The molecule has 6 nitrogen and oxygen atoms in total. The van der Waals surface area contributed by atoms with Gasteiger partial charge in [0.15, 0.2) is 6.10 Å². The standard InChI is InChI=1S/C13H17NO5/c1-9(13(16)17)19-8-12(15)14-7-10-5-3-4-6-11(10)18-2/h3-6,9H,7-8H2,1-2H3,(H,14,15)(H,16,17). The van der Waals surface area contributed by atoms with Crippen LogP contribution in [0.2, 0.25) is 0 Å². The molecule has 1 atom stereocenters. The molecule has 0 saturated heterocycles. The lowest BCUT2D eigenvalue weighted by Gasteiger charge is -2.11. The van der Waals surface area contributed by atoms with Crippen molar-refractivity contribution < 1.29 is 24.2 Å². The Balaban J connectivity index is 2.40. The zero-order valence-electron chi connectivity index (χ0n) is 10.9. The van der Waals surface area contributed by atoms with Crippen LogP contribution >= 0.6 is 0 Å². The van der Waals surface area contributed by atoms with Gasteiger partial charge in [0, 0.05) is 12.1 Å². The maximum absolute atomic E-state index is 11.5. The van der Waals surface area contributed by atoms with Gasteiger partial charge in [-0.2, -0.15) is 0 Å². The molecule has 2 N–H and O–H groups in total. The van der Waals surface area contributed by atoms with E-state index in [0.29, 0.717) is 12.3 Å². The van der Waals surface area contributed by atoms with E-state index in [9.17, 15) is 9.59 Å². The average molecular weight is 267 g/mol. The summed E-state index contributed by atoms with van der Waals surface area (Å²) in [6.45, 7) is 1.38. The number of benzene rings is 1. The van der Waals surface area contributed by atoms with Crippen molar-refractivity contribution in [1.29, 1.82) is 0 Å². The van der Waals surface area contributed by atoms with Crippen LogP contribution in [0.15, 0.2) is 24.3 Å². The zero-order valence-corrected chi connectivity index (χ0v) is 10.9. The number of carboxylic acid groups (broad SMARTS) is 1. The van der Waals surface area contributed by atoms with E-state index in [-0.39, 0.29) is 12.5 Å². The molecule has 19 heavy (non-hydrogen) atoms. The van der Waals surface area contributed by atoms with E-state index in [2.05, 4.69) is 5.32 Å². The van der Waals surface area contributed by atoms with Crippen molar-refractivity contribution in [2.45, 2.75) is 19.6 Å². The molecule has 0 saturated carbocycles. The van der Waals surface area contributed by atoms with Gasteiger partial charge < -0.3 is 19.9 Å². The number of methoxy groups -OCH3 is 1. The van der Waals surface area contributed by atoms with Gasteiger partial charge in [-0.15, -0.1) is 0 Å². The number of amides is 1. The van der Waals surface area contributed by atoms with Crippen LogP contribution in [0.1, 0.15) is 12.5 Å². The molecular formula is C13H17NO5. The molecule has 0 fully saturated rings. The quantitative estimate of drug-likeness (QED) is 0.763. The Morgan fingerprint density at radius 1 is 1.37 bits per heavy atom. The molecule has 0 spiro atoms. The highest BCUT2D eigenvalue weighted by atomic mass is 16.5. The van der Waals surface area contributed by atoms with Gasteiger partial charge in [-0.05, 0) is 13.0 Å². The normalized spacial score (nSPS) is 11.7. The molecule has 1 amide bonds. The van der Waals surface area contributed by atoms with Crippen LogP contribution in [0.3, 0.4) is 0 Å². The first-order valence-corrected chi connectivity index (χ1v) is 5.77. The fourth-order valence-corrected chi connectivity index (χ4v) is 1.37. The largest absolute Gasteiger partial charge is 0.496 e. The predicted molar refractivity (Wildman–Crippen MR) is 67.9 cm³/mol. The Kier molecular flexibility index (Phi) is 5.81. The molecule has 1 aromatic carbocycles. The number of rotatable bonds is 7. The van der Waals surface area contributed by atoms with E-state index >= 15 is 0 Å². The van der Waals surface area contributed by atoms with Crippen LogP contribution in [0.4, 0.5) is 0 Å². The second-order valence-electron chi connectivity index (χ2n) is 3.88. The first-order valence-electron chi connectivity index (χ1n) is 5.77. The van der Waals surface area contributed by atoms with Gasteiger partial charge in [-0.1, -0.05) is 18.2 Å². The van der Waals surface area contributed by atoms with Crippen LogP contribution < -0.4 is 10.1 Å². The summed E-state index contributed by atoms with van der Waals surface area (Å²) in [6.07, 6.45) is -1.00. The third kappa shape index (κ3) is 4.97. The molecule has 0 aliphatic rings. The number of ether oxygens (including phenoxy) is 2. The van der Waals surface area contributed by atoms with E-state index in [4.69, 9.17) is 14.6 Å². The Bertz CT molecular complexity index is 446. The van der Waals surface area contributed by atoms with Crippen molar-refractivity contribution in [3.8, 4) is 5.75 Å². The van der Waals surface area contributed by atoms with Crippen LogP contribution in [-0.4, -0.2) is 36.8 Å². The summed E-state index contributed by atoms with van der Waals surface area (Å²) in [5, 5.41) is 11.2. The van der Waals surface area contributed by atoms with E-state index in [1.165, 1.54) is 6.92 Å². The van der Waals surface area contributed by atoms with Crippen molar-refractivity contribution in [3.05, 3.63) is 29.8 Å². The molecule has 0 heterocycles. The molecule has 0 aliphatic carbocycles. The summed E-state index contributed by atoms with van der Waals surface area (Å²) in [6, 6.07) is 7.30. The maximum atomic E-state index is 11.5. The Morgan fingerprint density at radius 2 is 2.05 bits per heavy atom. The lowest BCUT2D eigenvalue weighted by Crippen LogP contribution is -2.31. The first kappa shape index (κ1) is 15.0. The monoisotopic (exact) mass is 267 g/mol. The number of hydrogen-bond acceptors (Lipinski definition) is 4. The van der Waals surface area contributed by atoms with Crippen molar-refractivity contribution in [2.24, 2.45) is 0 Å². The van der Waals surface area contributed by atoms with Crippen LogP contribution in [0, 0.1) is 0 Å². The molecule has 1 rings (SSSR count). The number of nitrogens with one attached hydrogen (secondary N) is 1. The fourth-order valence-electron chi connectivity index (χ4n) is 1.37. The van der Waals surface area contributed by atoms with Crippen molar-refractivity contribution in [2.75, 3.05) is 13.7 Å². The highest BCUT2D eigenvalue weighted by Gasteiger charge is 2.13. The summed E-state index contributed by atoms with van der Waals surface area (Å²) in [7, 11) is 1.55. The minimum Gasteiger partial charge on any atom is -0.496 e. The van der Waals surface area contributed by atoms with Gasteiger partial charge in [0.25, 0.3) is 0 Å². The van der Waals surface area contributed by atoms with Crippen molar-refractivity contribution in [1.82, 2.24) is 5.32 Å². The molecule has 0 aliphatic heterocycles. The second kappa shape index (κ2) is 7.38. The highest BCUT2D eigenvalue weighted by Crippen LogP contribution is 2.16. The van der Waals surface area contributed by atoms with Gasteiger partial charge in [0.05, 0.1) is 7.11 Å². The van der Waals surface area contributed by atoms with E-state index < -0.39 is 12.1 Å². The van der Waals surface area contributed by atoms with Crippen LogP contribution in [0.5, 0.6) is 5.75 Å². The summed E-state index contributed by atoms with van der Waals surface area (Å²) in [4.78, 5) is 22.0. The third-order valence-corrected chi connectivity index (χ3v) is 2.48. The number of carbonyl (C=O) groups excluding carboxylic acids is 1. The van der Waals surface area contributed by atoms with Crippen molar-refractivity contribution >= 4 is 11.9 Å². The molecule has 104 valence electrons. The summed E-state index contributed by atoms with van der Waals surface area (Å²) in [5.74, 6) is -0.792. The van der Waals surface area contributed by atoms with Gasteiger partial charge in [0.2, 0.25) is 5.91 Å². The van der Waals surface area contributed by atoms with Crippen LogP contribution in [0.25, 0.3) is 0 Å². The SMILES string of the molecule is COc1ccccc1CNC(=O)COC(C)C(=O)O. The zero-order chi connectivity index (χ0) is 14.3. The number of carboxylic acids is 1. The number of para-hydroxylation sites is 1. The molecule has 1 unspecified atom stereocenters.